The molecule has 0 unspecified atom stereocenters. The number of thioether (sulfide) groups is 1. The Morgan fingerprint density at radius 3 is 2.68 bits per heavy atom. The third-order valence-corrected chi connectivity index (χ3v) is 4.11. The average Bonchev–Trinajstić information content (AvgIpc) is 2.60. The summed E-state index contributed by atoms with van der Waals surface area (Å²) >= 11 is 0.921. The van der Waals surface area contributed by atoms with Crippen LogP contribution in [0.1, 0.15) is 0 Å². The van der Waals surface area contributed by atoms with E-state index in [9.17, 15) is 22.8 Å². The fourth-order valence-corrected chi connectivity index (χ4v) is 2.74. The molecule has 0 atom stereocenters. The Morgan fingerprint density at radius 1 is 1.12 bits per heavy atom. The highest BCUT2D eigenvalue weighted by atomic mass is 32.2. The molecule has 2 N–H and O–H groups in total. The molecule has 1 aromatic heterocycles. The quantitative estimate of drug-likeness (QED) is 0.423. The molecular weight excluding hydrogens is 355 g/mol. The number of anilines is 1. The third-order valence-electron chi connectivity index (χ3n) is 3.24. The predicted molar refractivity (Wildman–Crippen MR) is 88.0 cm³/mol. The van der Waals surface area contributed by atoms with E-state index in [0.717, 1.165) is 17.8 Å². The first-order chi connectivity index (χ1) is 12.0. The zero-order valence-electron chi connectivity index (χ0n) is 12.5. The van der Waals surface area contributed by atoms with Crippen LogP contribution in [-0.4, -0.2) is 21.6 Å². The Labute approximate surface area is 143 Å². The molecule has 0 radical (unpaired) electrons. The van der Waals surface area contributed by atoms with Crippen LogP contribution in [0.15, 0.2) is 46.3 Å². The third kappa shape index (κ3) is 3.66. The lowest BCUT2D eigenvalue weighted by atomic mass is 10.2. The Morgan fingerprint density at radius 2 is 1.88 bits per heavy atom. The summed E-state index contributed by atoms with van der Waals surface area (Å²) < 4.78 is 39.5. The van der Waals surface area contributed by atoms with Gasteiger partial charge < -0.3 is 10.3 Å². The van der Waals surface area contributed by atoms with Crippen molar-refractivity contribution >= 4 is 34.3 Å². The highest BCUT2D eigenvalue weighted by Gasteiger charge is 2.15. The van der Waals surface area contributed by atoms with Crippen molar-refractivity contribution in [3.63, 3.8) is 0 Å². The summed E-state index contributed by atoms with van der Waals surface area (Å²) in [5.41, 5.74) is -0.342. The number of aromatic nitrogens is 2. The Bertz CT molecular complexity index is 1020. The zero-order chi connectivity index (χ0) is 18.0. The van der Waals surface area contributed by atoms with Gasteiger partial charge in [-0.1, -0.05) is 23.9 Å². The fraction of sp³-hybridized carbons (Fsp3) is 0.0625. The highest BCUT2D eigenvalue weighted by Crippen LogP contribution is 2.20. The molecule has 3 aromatic rings. The minimum absolute atomic E-state index is 0.209. The molecule has 1 amide bonds. The maximum absolute atomic E-state index is 13.5. The largest absolute Gasteiger partial charge is 0.323 e. The maximum atomic E-state index is 13.5. The van der Waals surface area contributed by atoms with E-state index < -0.39 is 29.0 Å². The van der Waals surface area contributed by atoms with E-state index >= 15 is 0 Å². The van der Waals surface area contributed by atoms with Crippen molar-refractivity contribution in [1.82, 2.24) is 9.97 Å². The lowest BCUT2D eigenvalue weighted by molar-refractivity contribution is -0.113. The molecule has 0 bridgehead atoms. The lowest BCUT2D eigenvalue weighted by Crippen LogP contribution is -2.17. The molecule has 0 spiro atoms. The number of para-hydroxylation sites is 1. The van der Waals surface area contributed by atoms with E-state index in [1.165, 1.54) is 0 Å². The SMILES string of the molecule is O=C(CSc1nc2ccccc2c(=O)[nH]1)Nc1ccc(F)c(F)c1F. The average molecular weight is 365 g/mol. The first-order valence-corrected chi connectivity index (χ1v) is 7.99. The van der Waals surface area contributed by atoms with Gasteiger partial charge in [-0.25, -0.2) is 18.2 Å². The lowest BCUT2D eigenvalue weighted by Gasteiger charge is -2.07. The molecule has 25 heavy (non-hydrogen) atoms. The number of fused-ring (bicyclic) bond motifs is 1. The van der Waals surface area contributed by atoms with Gasteiger partial charge in [-0.15, -0.1) is 0 Å². The number of hydrogen-bond donors (Lipinski definition) is 2. The smallest absolute Gasteiger partial charge is 0.259 e. The van der Waals surface area contributed by atoms with Gasteiger partial charge >= 0.3 is 0 Å². The van der Waals surface area contributed by atoms with Gasteiger partial charge in [0, 0.05) is 0 Å². The monoisotopic (exact) mass is 365 g/mol. The summed E-state index contributed by atoms with van der Waals surface area (Å²) in [7, 11) is 0. The molecule has 0 fully saturated rings. The summed E-state index contributed by atoms with van der Waals surface area (Å²) in [6.07, 6.45) is 0. The molecule has 3 rings (SSSR count). The number of nitrogens with one attached hydrogen (secondary N) is 2. The summed E-state index contributed by atoms with van der Waals surface area (Å²) in [6, 6.07) is 8.34. The van der Waals surface area contributed by atoms with E-state index in [0.29, 0.717) is 17.0 Å². The number of benzene rings is 2. The highest BCUT2D eigenvalue weighted by molar-refractivity contribution is 7.99. The molecule has 2 aromatic carbocycles. The van der Waals surface area contributed by atoms with Gasteiger partial charge in [0.15, 0.2) is 22.6 Å². The first kappa shape index (κ1) is 17.0. The van der Waals surface area contributed by atoms with Crippen LogP contribution >= 0.6 is 11.8 Å². The van der Waals surface area contributed by atoms with Crippen LogP contribution in [0.5, 0.6) is 0 Å². The van der Waals surface area contributed by atoms with E-state index in [4.69, 9.17) is 0 Å². The van der Waals surface area contributed by atoms with Gasteiger partial charge in [-0.3, -0.25) is 9.59 Å². The fourth-order valence-electron chi connectivity index (χ4n) is 2.08. The Hall–Kier alpha value is -2.81. The minimum Gasteiger partial charge on any atom is -0.323 e. The van der Waals surface area contributed by atoms with Crippen molar-refractivity contribution < 1.29 is 18.0 Å². The van der Waals surface area contributed by atoms with E-state index in [-0.39, 0.29) is 16.5 Å². The van der Waals surface area contributed by atoms with Crippen LogP contribution in [0.4, 0.5) is 18.9 Å². The summed E-state index contributed by atoms with van der Waals surface area (Å²) in [5.74, 6) is -5.35. The van der Waals surface area contributed by atoms with Gasteiger partial charge in [-0.05, 0) is 24.3 Å². The van der Waals surface area contributed by atoms with Crippen molar-refractivity contribution in [2.24, 2.45) is 0 Å². The summed E-state index contributed by atoms with van der Waals surface area (Å²) in [5, 5.41) is 2.77. The van der Waals surface area contributed by atoms with Crippen LogP contribution in [0.3, 0.4) is 0 Å². The summed E-state index contributed by atoms with van der Waals surface area (Å²) in [4.78, 5) is 30.5. The number of halogens is 3. The van der Waals surface area contributed by atoms with Gasteiger partial charge in [0.2, 0.25) is 5.91 Å². The van der Waals surface area contributed by atoms with Gasteiger partial charge in [0.1, 0.15) is 0 Å². The number of carbonyl (C=O) groups excluding carboxylic acids is 1. The normalized spacial score (nSPS) is 10.8. The molecule has 5 nitrogen and oxygen atoms in total. The van der Waals surface area contributed by atoms with Gasteiger partial charge in [-0.2, -0.15) is 0 Å². The second-order valence-electron chi connectivity index (χ2n) is 4.95. The zero-order valence-corrected chi connectivity index (χ0v) is 13.3. The van der Waals surface area contributed by atoms with Crippen LogP contribution in [-0.2, 0) is 4.79 Å². The van der Waals surface area contributed by atoms with Crippen LogP contribution in [0, 0.1) is 17.5 Å². The molecule has 0 aliphatic rings. The number of amides is 1. The number of rotatable bonds is 4. The minimum atomic E-state index is -1.66. The van der Waals surface area contributed by atoms with E-state index in [1.54, 1.807) is 24.3 Å². The van der Waals surface area contributed by atoms with Crippen molar-refractivity contribution in [1.29, 1.82) is 0 Å². The molecule has 1 heterocycles. The maximum Gasteiger partial charge on any atom is 0.259 e. The molecule has 128 valence electrons. The Kier molecular flexibility index (Phi) is 4.75. The van der Waals surface area contributed by atoms with Crippen molar-refractivity contribution in [2.45, 2.75) is 5.16 Å². The number of hydrogen-bond acceptors (Lipinski definition) is 4. The number of aromatic amines is 1. The number of nitrogens with zero attached hydrogens (tertiary/aromatic N) is 1. The summed E-state index contributed by atoms with van der Waals surface area (Å²) in [6.45, 7) is 0. The molecule has 0 aliphatic heterocycles. The number of H-pyrrole nitrogens is 1. The van der Waals surface area contributed by atoms with Crippen molar-refractivity contribution in [3.8, 4) is 0 Å². The van der Waals surface area contributed by atoms with Crippen LogP contribution in [0.25, 0.3) is 10.9 Å². The standard InChI is InChI=1S/C16H10F3N3O2S/c17-9-5-6-11(14(19)13(9)18)20-12(23)7-25-16-21-10-4-2-1-3-8(10)15(24)22-16/h1-6H,7H2,(H,20,23)(H,21,22,24). The molecule has 0 saturated carbocycles. The molecular formula is C16H10F3N3O2S. The second-order valence-corrected chi connectivity index (χ2v) is 5.91. The topological polar surface area (TPSA) is 74.8 Å². The van der Waals surface area contributed by atoms with Crippen LogP contribution in [0.2, 0.25) is 0 Å². The van der Waals surface area contributed by atoms with Crippen molar-refractivity contribution in [3.05, 3.63) is 64.2 Å². The predicted octanol–water partition coefficient (Wildman–Crippen LogP) is 3.07. The Balaban J connectivity index is 1.71. The van der Waals surface area contributed by atoms with Gasteiger partial charge in [0.05, 0.1) is 22.3 Å². The number of carbonyl (C=O) groups is 1. The molecule has 9 heteroatoms. The van der Waals surface area contributed by atoms with E-state index in [1.807, 2.05) is 0 Å². The van der Waals surface area contributed by atoms with Crippen molar-refractivity contribution in [2.75, 3.05) is 11.1 Å². The second kappa shape index (κ2) is 6.98. The molecule has 0 aliphatic carbocycles. The van der Waals surface area contributed by atoms with Crippen LogP contribution < -0.4 is 10.9 Å². The first-order valence-electron chi connectivity index (χ1n) is 7.01. The van der Waals surface area contributed by atoms with E-state index in [2.05, 4.69) is 15.3 Å². The van der Waals surface area contributed by atoms with Gasteiger partial charge in [0.25, 0.3) is 5.56 Å². The molecule has 0 saturated heterocycles.